The average Bonchev–Trinajstić information content (AvgIpc) is 2.59. The van der Waals surface area contributed by atoms with Crippen molar-refractivity contribution < 1.29 is 4.79 Å². The molecule has 1 aliphatic carbocycles. The molecule has 14 heavy (non-hydrogen) atoms. The zero-order valence-corrected chi connectivity index (χ0v) is 8.79. The van der Waals surface area contributed by atoms with Gasteiger partial charge in [-0.3, -0.25) is 4.79 Å². The lowest BCUT2D eigenvalue weighted by molar-refractivity contribution is 0.112. The van der Waals surface area contributed by atoms with Crippen LogP contribution in [0.3, 0.4) is 0 Å². The lowest BCUT2D eigenvalue weighted by atomic mass is 9.93. The summed E-state index contributed by atoms with van der Waals surface area (Å²) in [5, 5.41) is 0. The molecule has 0 bridgehead atoms. The molecule has 1 unspecified atom stereocenters. The summed E-state index contributed by atoms with van der Waals surface area (Å²) in [6.45, 7) is 4.55. The van der Waals surface area contributed by atoms with Gasteiger partial charge in [-0.05, 0) is 41.9 Å². The zero-order chi connectivity index (χ0) is 10.1. The molecule has 0 heterocycles. The van der Waals surface area contributed by atoms with Gasteiger partial charge in [0.05, 0.1) is 0 Å². The molecule has 1 atom stereocenters. The molecular weight excluding hydrogens is 172 g/mol. The first-order valence-electron chi connectivity index (χ1n) is 5.27. The summed E-state index contributed by atoms with van der Waals surface area (Å²) in [7, 11) is 0. The van der Waals surface area contributed by atoms with E-state index in [1.165, 1.54) is 17.5 Å². The quantitative estimate of drug-likeness (QED) is 0.652. The van der Waals surface area contributed by atoms with Crippen molar-refractivity contribution in [2.24, 2.45) is 11.8 Å². The highest BCUT2D eigenvalue weighted by Gasteiger charge is 2.23. The summed E-state index contributed by atoms with van der Waals surface area (Å²) in [5.41, 5.74) is 3.63. The van der Waals surface area contributed by atoms with Gasteiger partial charge in [-0.25, -0.2) is 0 Å². The van der Waals surface area contributed by atoms with E-state index < -0.39 is 0 Å². The Bertz CT molecular complexity index is 352. The number of fused-ring (bicyclic) bond motifs is 1. The van der Waals surface area contributed by atoms with E-state index in [4.69, 9.17) is 0 Å². The first-order valence-corrected chi connectivity index (χ1v) is 5.27. The molecule has 0 fully saturated rings. The Morgan fingerprint density at radius 2 is 2.00 bits per heavy atom. The molecular formula is C13H16O. The molecule has 1 nitrogen and oxygen atoms in total. The van der Waals surface area contributed by atoms with Crippen LogP contribution in [0.2, 0.25) is 0 Å². The predicted octanol–water partition coefficient (Wildman–Crippen LogP) is 2.87. The minimum Gasteiger partial charge on any atom is -0.298 e. The van der Waals surface area contributed by atoms with Gasteiger partial charge >= 0.3 is 0 Å². The second kappa shape index (κ2) is 3.56. The van der Waals surface area contributed by atoms with E-state index in [2.05, 4.69) is 19.9 Å². The van der Waals surface area contributed by atoms with Crippen LogP contribution in [0.25, 0.3) is 0 Å². The van der Waals surface area contributed by atoms with Gasteiger partial charge in [0.25, 0.3) is 0 Å². The van der Waals surface area contributed by atoms with E-state index in [0.717, 1.165) is 30.1 Å². The summed E-state index contributed by atoms with van der Waals surface area (Å²) in [4.78, 5) is 10.6. The van der Waals surface area contributed by atoms with Crippen molar-refractivity contribution in [3.8, 4) is 0 Å². The maximum absolute atomic E-state index is 10.6. The van der Waals surface area contributed by atoms with Gasteiger partial charge in [0.15, 0.2) is 0 Å². The van der Waals surface area contributed by atoms with Gasteiger partial charge in [0.1, 0.15) is 6.29 Å². The third kappa shape index (κ3) is 1.59. The van der Waals surface area contributed by atoms with Crippen LogP contribution in [-0.4, -0.2) is 6.29 Å². The molecule has 1 aliphatic rings. The van der Waals surface area contributed by atoms with Crippen LogP contribution < -0.4 is 0 Å². The maximum atomic E-state index is 10.6. The first-order chi connectivity index (χ1) is 6.70. The van der Waals surface area contributed by atoms with Crippen molar-refractivity contribution in [2.45, 2.75) is 26.7 Å². The molecule has 74 valence electrons. The largest absolute Gasteiger partial charge is 0.298 e. The number of benzene rings is 1. The highest BCUT2D eigenvalue weighted by Crippen LogP contribution is 2.31. The Labute approximate surface area is 85.1 Å². The molecule has 0 aliphatic heterocycles. The van der Waals surface area contributed by atoms with Gasteiger partial charge in [0.2, 0.25) is 0 Å². The van der Waals surface area contributed by atoms with Gasteiger partial charge in [0, 0.05) is 5.56 Å². The molecule has 2 rings (SSSR count). The van der Waals surface area contributed by atoms with E-state index in [1.54, 1.807) is 0 Å². The smallest absolute Gasteiger partial charge is 0.150 e. The number of carbonyl (C=O) groups excluding carboxylic acids is 1. The van der Waals surface area contributed by atoms with Gasteiger partial charge < -0.3 is 0 Å². The van der Waals surface area contributed by atoms with E-state index in [0.29, 0.717) is 0 Å². The number of hydrogen-bond acceptors (Lipinski definition) is 1. The average molecular weight is 188 g/mol. The molecule has 0 saturated carbocycles. The van der Waals surface area contributed by atoms with Crippen LogP contribution in [0, 0.1) is 11.8 Å². The molecule has 0 aromatic heterocycles. The summed E-state index contributed by atoms with van der Waals surface area (Å²) in [6, 6.07) is 6.08. The van der Waals surface area contributed by atoms with E-state index in [1.807, 2.05) is 12.1 Å². The summed E-state index contributed by atoms with van der Waals surface area (Å²) >= 11 is 0. The van der Waals surface area contributed by atoms with Crippen LogP contribution in [-0.2, 0) is 12.8 Å². The highest BCUT2D eigenvalue weighted by molar-refractivity contribution is 5.75. The Balaban J connectivity index is 2.26. The van der Waals surface area contributed by atoms with Crippen molar-refractivity contribution >= 4 is 6.29 Å². The molecule has 0 spiro atoms. The van der Waals surface area contributed by atoms with Gasteiger partial charge in [-0.2, -0.15) is 0 Å². The van der Waals surface area contributed by atoms with E-state index in [9.17, 15) is 4.79 Å². The Morgan fingerprint density at radius 3 is 2.64 bits per heavy atom. The SMILES string of the molecule is CC(C)C1Cc2ccc(C=O)cc2C1. The van der Waals surface area contributed by atoms with Gasteiger partial charge in [-0.15, -0.1) is 0 Å². The van der Waals surface area contributed by atoms with Crippen molar-refractivity contribution in [3.05, 3.63) is 34.9 Å². The fourth-order valence-electron chi connectivity index (χ4n) is 2.22. The van der Waals surface area contributed by atoms with Crippen molar-refractivity contribution in [1.29, 1.82) is 0 Å². The molecule has 1 aromatic rings. The van der Waals surface area contributed by atoms with E-state index in [-0.39, 0.29) is 0 Å². The molecule has 0 saturated heterocycles. The summed E-state index contributed by atoms with van der Waals surface area (Å²) < 4.78 is 0. The van der Waals surface area contributed by atoms with Crippen LogP contribution in [0.5, 0.6) is 0 Å². The van der Waals surface area contributed by atoms with Crippen LogP contribution in [0.15, 0.2) is 18.2 Å². The minimum absolute atomic E-state index is 0.738. The van der Waals surface area contributed by atoms with Crippen molar-refractivity contribution in [3.63, 3.8) is 0 Å². The zero-order valence-electron chi connectivity index (χ0n) is 8.79. The highest BCUT2D eigenvalue weighted by atomic mass is 16.1. The summed E-state index contributed by atoms with van der Waals surface area (Å²) in [5.74, 6) is 1.51. The second-order valence-electron chi connectivity index (χ2n) is 4.56. The topological polar surface area (TPSA) is 17.1 Å². The molecule has 1 heteroatoms. The molecule has 0 amide bonds. The normalized spacial score (nSPS) is 19.8. The van der Waals surface area contributed by atoms with Crippen LogP contribution in [0.4, 0.5) is 0 Å². The third-order valence-corrected chi connectivity index (χ3v) is 3.27. The maximum Gasteiger partial charge on any atom is 0.150 e. The van der Waals surface area contributed by atoms with Crippen LogP contribution in [0.1, 0.15) is 35.3 Å². The molecule has 0 N–H and O–H groups in total. The first kappa shape index (κ1) is 9.45. The summed E-state index contributed by atoms with van der Waals surface area (Å²) in [6.07, 6.45) is 3.27. The number of carbonyl (C=O) groups is 1. The Morgan fingerprint density at radius 1 is 1.29 bits per heavy atom. The number of aldehydes is 1. The number of hydrogen-bond donors (Lipinski definition) is 0. The lowest BCUT2D eigenvalue weighted by Gasteiger charge is -2.12. The van der Waals surface area contributed by atoms with E-state index >= 15 is 0 Å². The Kier molecular flexibility index (Phi) is 2.40. The van der Waals surface area contributed by atoms with Crippen molar-refractivity contribution in [1.82, 2.24) is 0 Å². The standard InChI is InChI=1S/C13H16O/c1-9(2)12-6-11-4-3-10(8-14)5-13(11)7-12/h3-5,8-9,12H,6-7H2,1-2H3. The van der Waals surface area contributed by atoms with Crippen molar-refractivity contribution in [2.75, 3.05) is 0 Å². The van der Waals surface area contributed by atoms with Crippen LogP contribution >= 0.6 is 0 Å². The minimum atomic E-state index is 0.738. The van der Waals surface area contributed by atoms with Gasteiger partial charge in [-0.1, -0.05) is 26.0 Å². The second-order valence-corrected chi connectivity index (χ2v) is 4.56. The molecule has 1 aromatic carbocycles. The predicted molar refractivity (Wildman–Crippen MR) is 57.6 cm³/mol. The fourth-order valence-corrected chi connectivity index (χ4v) is 2.22. The monoisotopic (exact) mass is 188 g/mol. The lowest BCUT2D eigenvalue weighted by Crippen LogP contribution is -2.07. The fraction of sp³-hybridized carbons (Fsp3) is 0.462. The third-order valence-electron chi connectivity index (χ3n) is 3.27. The Hall–Kier alpha value is -1.11. The molecule has 0 radical (unpaired) electrons. The number of rotatable bonds is 2.